The van der Waals surface area contributed by atoms with E-state index in [0.29, 0.717) is 23.5 Å². The molecule has 146 valence electrons. The second-order valence-corrected chi connectivity index (χ2v) is 6.12. The van der Waals surface area contributed by atoms with Gasteiger partial charge in [0.25, 0.3) is 0 Å². The molecule has 0 aliphatic carbocycles. The molecule has 0 saturated carbocycles. The molecule has 0 heterocycles. The van der Waals surface area contributed by atoms with Crippen LogP contribution >= 0.6 is 11.6 Å². The first-order chi connectivity index (χ1) is 12.7. The van der Waals surface area contributed by atoms with E-state index in [9.17, 15) is 18.0 Å². The Morgan fingerprint density at radius 3 is 2.41 bits per heavy atom. The van der Waals surface area contributed by atoms with Crippen LogP contribution in [0.4, 0.5) is 13.2 Å². The minimum atomic E-state index is -4.53. The van der Waals surface area contributed by atoms with Crippen LogP contribution in [-0.2, 0) is 22.3 Å². The molecule has 27 heavy (non-hydrogen) atoms. The molecule has 0 aliphatic rings. The third kappa shape index (κ3) is 6.15. The van der Waals surface area contributed by atoms with Gasteiger partial charge in [0, 0.05) is 6.61 Å². The van der Waals surface area contributed by atoms with Crippen LogP contribution in [0.2, 0.25) is 5.02 Å². The molecule has 0 bridgehead atoms. The van der Waals surface area contributed by atoms with Crippen molar-refractivity contribution >= 4 is 17.6 Å². The first kappa shape index (κ1) is 21.1. The van der Waals surface area contributed by atoms with Crippen LogP contribution < -0.4 is 4.74 Å². The summed E-state index contributed by atoms with van der Waals surface area (Å²) in [6, 6.07) is 10.2. The number of benzene rings is 2. The number of aliphatic carboxylic acids is 1. The second kappa shape index (κ2) is 9.10. The van der Waals surface area contributed by atoms with Crippen LogP contribution in [0.1, 0.15) is 36.1 Å². The van der Waals surface area contributed by atoms with E-state index in [4.69, 9.17) is 26.2 Å². The molecule has 2 rings (SSSR count). The molecule has 2 aromatic rings. The number of hydrogen-bond donors (Lipinski definition) is 1. The van der Waals surface area contributed by atoms with Crippen molar-refractivity contribution in [3.63, 3.8) is 0 Å². The number of ether oxygens (including phenoxy) is 2. The topological polar surface area (TPSA) is 55.8 Å². The molecule has 1 unspecified atom stereocenters. The normalized spacial score (nSPS) is 12.6. The van der Waals surface area contributed by atoms with Crippen molar-refractivity contribution in [1.82, 2.24) is 0 Å². The van der Waals surface area contributed by atoms with Crippen LogP contribution in [0.25, 0.3) is 0 Å². The van der Waals surface area contributed by atoms with E-state index in [1.165, 1.54) is 12.1 Å². The fourth-order valence-electron chi connectivity index (χ4n) is 2.46. The number of rotatable bonds is 8. The maximum Gasteiger partial charge on any atom is 0.417 e. The zero-order valence-corrected chi connectivity index (χ0v) is 15.2. The van der Waals surface area contributed by atoms with Crippen molar-refractivity contribution in [2.45, 2.75) is 32.2 Å². The highest BCUT2D eigenvalue weighted by Crippen LogP contribution is 2.35. The van der Waals surface area contributed by atoms with Gasteiger partial charge in [0.15, 0.2) is 0 Å². The van der Waals surface area contributed by atoms with E-state index < -0.39 is 23.8 Å². The average Bonchev–Trinajstić information content (AvgIpc) is 2.60. The Balaban J connectivity index is 2.06. The summed E-state index contributed by atoms with van der Waals surface area (Å²) < 4.78 is 49.6. The van der Waals surface area contributed by atoms with Crippen LogP contribution in [0.3, 0.4) is 0 Å². The Morgan fingerprint density at radius 1 is 1.19 bits per heavy atom. The highest BCUT2D eigenvalue weighted by atomic mass is 35.5. The summed E-state index contributed by atoms with van der Waals surface area (Å²) in [6.07, 6.45) is -5.28. The van der Waals surface area contributed by atoms with E-state index in [1.807, 2.05) is 0 Å². The molecule has 2 aromatic carbocycles. The summed E-state index contributed by atoms with van der Waals surface area (Å²) in [4.78, 5) is 10.9. The van der Waals surface area contributed by atoms with Gasteiger partial charge in [-0.05, 0) is 42.3 Å². The lowest BCUT2D eigenvalue weighted by Crippen LogP contribution is -2.10. The van der Waals surface area contributed by atoms with E-state index in [-0.39, 0.29) is 18.1 Å². The molecule has 0 saturated heterocycles. The molecule has 1 atom stereocenters. The third-order valence-electron chi connectivity index (χ3n) is 3.72. The molecule has 0 amide bonds. The van der Waals surface area contributed by atoms with Gasteiger partial charge in [-0.3, -0.25) is 4.79 Å². The van der Waals surface area contributed by atoms with Gasteiger partial charge in [0.2, 0.25) is 0 Å². The molecule has 0 radical (unpaired) electrons. The number of carboxylic acids is 1. The Morgan fingerprint density at radius 2 is 1.85 bits per heavy atom. The third-order valence-corrected chi connectivity index (χ3v) is 4.05. The van der Waals surface area contributed by atoms with Gasteiger partial charge in [-0.1, -0.05) is 29.8 Å². The fourth-order valence-corrected chi connectivity index (χ4v) is 2.68. The van der Waals surface area contributed by atoms with Gasteiger partial charge in [-0.15, -0.1) is 0 Å². The SMILES string of the molecule is CCOC(CC(=O)O)c1ccc(OCc2ccc(Cl)c(C(F)(F)F)c2)cc1. The summed E-state index contributed by atoms with van der Waals surface area (Å²) in [5, 5.41) is 8.58. The Bertz CT molecular complexity index is 776. The lowest BCUT2D eigenvalue weighted by atomic mass is 10.1. The van der Waals surface area contributed by atoms with Gasteiger partial charge >= 0.3 is 12.1 Å². The minimum Gasteiger partial charge on any atom is -0.489 e. The fraction of sp³-hybridized carbons (Fsp3) is 0.316. The summed E-state index contributed by atoms with van der Waals surface area (Å²) in [7, 11) is 0. The molecule has 0 spiro atoms. The Kier molecular flexibility index (Phi) is 7.10. The molecule has 0 aromatic heterocycles. The standard InChI is InChI=1S/C19H18ClF3O4/c1-2-26-17(10-18(24)25)13-4-6-14(7-5-13)27-11-12-3-8-16(20)15(9-12)19(21,22)23/h3-9,17H,2,10-11H2,1H3,(H,24,25). The molecule has 8 heteroatoms. The van der Waals surface area contributed by atoms with E-state index >= 15 is 0 Å². The van der Waals surface area contributed by atoms with Crippen molar-refractivity contribution < 1.29 is 32.5 Å². The van der Waals surface area contributed by atoms with Gasteiger partial charge in [0.1, 0.15) is 12.4 Å². The average molecular weight is 403 g/mol. The second-order valence-electron chi connectivity index (χ2n) is 5.71. The molecular weight excluding hydrogens is 385 g/mol. The predicted octanol–water partition coefficient (Wildman–Crippen LogP) is 5.49. The predicted molar refractivity (Wildman–Crippen MR) is 93.8 cm³/mol. The largest absolute Gasteiger partial charge is 0.489 e. The van der Waals surface area contributed by atoms with Gasteiger partial charge in [-0.25, -0.2) is 0 Å². The van der Waals surface area contributed by atoms with Gasteiger partial charge < -0.3 is 14.6 Å². The maximum atomic E-state index is 12.9. The van der Waals surface area contributed by atoms with E-state index in [0.717, 1.165) is 6.07 Å². The first-order valence-electron chi connectivity index (χ1n) is 8.12. The minimum absolute atomic E-state index is 0.0659. The van der Waals surface area contributed by atoms with Crippen LogP contribution in [0.15, 0.2) is 42.5 Å². The number of carbonyl (C=O) groups is 1. The van der Waals surface area contributed by atoms with Crippen LogP contribution in [-0.4, -0.2) is 17.7 Å². The van der Waals surface area contributed by atoms with Crippen molar-refractivity contribution in [3.8, 4) is 5.75 Å². The highest BCUT2D eigenvalue weighted by molar-refractivity contribution is 6.31. The quantitative estimate of drug-likeness (QED) is 0.634. The van der Waals surface area contributed by atoms with E-state index in [1.54, 1.807) is 31.2 Å². The van der Waals surface area contributed by atoms with Crippen molar-refractivity contribution in [2.75, 3.05) is 6.61 Å². The Hall–Kier alpha value is -2.25. The molecule has 4 nitrogen and oxygen atoms in total. The molecule has 0 aliphatic heterocycles. The molecule has 1 N–H and O–H groups in total. The van der Waals surface area contributed by atoms with E-state index in [2.05, 4.69) is 0 Å². The maximum absolute atomic E-state index is 12.9. The Labute approximate surface area is 159 Å². The zero-order chi connectivity index (χ0) is 20.0. The molecule has 0 fully saturated rings. The molecular formula is C19H18ClF3O4. The zero-order valence-electron chi connectivity index (χ0n) is 14.4. The smallest absolute Gasteiger partial charge is 0.417 e. The van der Waals surface area contributed by atoms with Crippen LogP contribution in [0, 0.1) is 0 Å². The highest BCUT2D eigenvalue weighted by Gasteiger charge is 2.33. The number of halogens is 4. The number of alkyl halides is 3. The lowest BCUT2D eigenvalue weighted by Gasteiger charge is -2.16. The monoisotopic (exact) mass is 402 g/mol. The summed E-state index contributed by atoms with van der Waals surface area (Å²) >= 11 is 5.59. The number of hydrogen-bond acceptors (Lipinski definition) is 3. The summed E-state index contributed by atoms with van der Waals surface area (Å²) in [5.74, 6) is -0.537. The summed E-state index contributed by atoms with van der Waals surface area (Å²) in [6.45, 7) is 2.07. The summed E-state index contributed by atoms with van der Waals surface area (Å²) in [5.41, 5.74) is 0.0974. The van der Waals surface area contributed by atoms with Gasteiger partial charge in [0.05, 0.1) is 23.1 Å². The van der Waals surface area contributed by atoms with Gasteiger partial charge in [-0.2, -0.15) is 13.2 Å². The lowest BCUT2D eigenvalue weighted by molar-refractivity contribution is -0.140. The first-order valence-corrected chi connectivity index (χ1v) is 8.50. The number of carboxylic acid groups (broad SMARTS) is 1. The van der Waals surface area contributed by atoms with Crippen LogP contribution in [0.5, 0.6) is 5.75 Å². The van der Waals surface area contributed by atoms with Crippen molar-refractivity contribution in [2.24, 2.45) is 0 Å². The van der Waals surface area contributed by atoms with Crippen molar-refractivity contribution in [1.29, 1.82) is 0 Å². The van der Waals surface area contributed by atoms with Crippen molar-refractivity contribution in [3.05, 3.63) is 64.2 Å².